The third-order valence-electron chi connectivity index (χ3n) is 6.70. The predicted octanol–water partition coefficient (Wildman–Crippen LogP) is 4.80. The van der Waals surface area contributed by atoms with Crippen LogP contribution in [0.25, 0.3) is 5.69 Å². The van der Waals surface area contributed by atoms with Crippen molar-refractivity contribution in [1.29, 1.82) is 0 Å². The van der Waals surface area contributed by atoms with E-state index in [1.54, 1.807) is 4.68 Å². The monoisotopic (exact) mass is 437 g/mol. The Balaban J connectivity index is 1.26. The lowest BCUT2D eigenvalue weighted by molar-refractivity contribution is 0.0924. The molecule has 4 aromatic rings. The summed E-state index contributed by atoms with van der Waals surface area (Å²) in [6.07, 6.45) is 7.18. The van der Waals surface area contributed by atoms with Crippen LogP contribution in [0.3, 0.4) is 0 Å². The van der Waals surface area contributed by atoms with E-state index in [1.165, 1.54) is 11.3 Å². The fraction of sp³-hybridized carbons (Fsp3) is 0.296. The summed E-state index contributed by atoms with van der Waals surface area (Å²) >= 11 is 0. The number of hydrogen-bond acceptors (Lipinski definition) is 3. The highest BCUT2D eigenvalue weighted by atomic mass is 16.2. The molecule has 0 spiro atoms. The van der Waals surface area contributed by atoms with Crippen molar-refractivity contribution in [3.05, 3.63) is 101 Å². The van der Waals surface area contributed by atoms with Gasteiger partial charge in [0.15, 0.2) is 0 Å². The number of amides is 1. The Hall–Kier alpha value is -3.67. The number of aromatic nitrogens is 4. The molecule has 0 aliphatic heterocycles. The Morgan fingerprint density at radius 3 is 2.52 bits per heavy atom. The largest absolute Gasteiger partial charge is 0.344 e. The third kappa shape index (κ3) is 3.97. The maximum Gasteiger partial charge on any atom is 0.270 e. The Labute approximate surface area is 193 Å². The zero-order valence-electron chi connectivity index (χ0n) is 18.5. The van der Waals surface area contributed by atoms with Crippen LogP contribution in [0.4, 0.5) is 0 Å². The minimum Gasteiger partial charge on any atom is -0.344 e. The molecule has 166 valence electrons. The molecule has 2 heterocycles. The number of para-hydroxylation sites is 1. The van der Waals surface area contributed by atoms with E-state index in [1.807, 2.05) is 48.7 Å². The van der Waals surface area contributed by atoms with Gasteiger partial charge in [0.25, 0.3) is 5.91 Å². The number of hydrogen-bond donors (Lipinski definition) is 1. The van der Waals surface area contributed by atoms with E-state index in [0.29, 0.717) is 11.6 Å². The summed E-state index contributed by atoms with van der Waals surface area (Å²) in [5.41, 5.74) is 6.13. The minimum absolute atomic E-state index is 0.0331. The first kappa shape index (κ1) is 20.0. The van der Waals surface area contributed by atoms with Crippen LogP contribution in [0, 0.1) is 0 Å². The fourth-order valence-corrected chi connectivity index (χ4v) is 4.80. The van der Waals surface area contributed by atoms with Crippen LogP contribution in [-0.2, 0) is 13.0 Å². The molecule has 2 aromatic heterocycles. The van der Waals surface area contributed by atoms with Gasteiger partial charge in [0.1, 0.15) is 5.69 Å². The highest BCUT2D eigenvalue weighted by Crippen LogP contribution is 2.40. The molecule has 1 amide bonds. The molecule has 1 atom stereocenters. The van der Waals surface area contributed by atoms with Gasteiger partial charge in [-0.2, -0.15) is 10.2 Å². The standard InChI is InChI=1S/C27H27N5O/c33-27(26-16-24(20-14-15-20)30-32(26)21-10-5-2-6-11-21)29-23-12-7-13-25-22(23)17-28-31(25)18-19-8-3-1-4-9-19/h1-6,8-11,16-17,20,23H,7,12-15,18H2,(H,29,33). The molecule has 6 nitrogen and oxygen atoms in total. The number of carbonyl (C=O) groups is 1. The Morgan fingerprint density at radius 1 is 1.00 bits per heavy atom. The van der Waals surface area contributed by atoms with Gasteiger partial charge in [0.2, 0.25) is 0 Å². The fourth-order valence-electron chi connectivity index (χ4n) is 4.80. The Kier molecular flexibility index (Phi) is 5.06. The first-order valence-electron chi connectivity index (χ1n) is 11.8. The van der Waals surface area contributed by atoms with E-state index in [2.05, 4.69) is 39.4 Å². The average molecular weight is 438 g/mol. The number of nitrogens with zero attached hydrogens (tertiary/aromatic N) is 4. The zero-order valence-corrected chi connectivity index (χ0v) is 18.5. The van der Waals surface area contributed by atoms with Crippen LogP contribution in [-0.4, -0.2) is 25.5 Å². The molecule has 1 saturated carbocycles. The van der Waals surface area contributed by atoms with Crippen molar-refractivity contribution in [3.63, 3.8) is 0 Å². The Morgan fingerprint density at radius 2 is 1.76 bits per heavy atom. The van der Waals surface area contributed by atoms with E-state index < -0.39 is 0 Å². The van der Waals surface area contributed by atoms with E-state index in [-0.39, 0.29) is 11.9 Å². The second kappa shape index (κ2) is 8.35. The van der Waals surface area contributed by atoms with Gasteiger partial charge in [0, 0.05) is 17.2 Å². The number of fused-ring (bicyclic) bond motifs is 1. The normalized spacial score (nSPS) is 17.5. The molecule has 0 saturated heterocycles. The van der Waals surface area contributed by atoms with E-state index >= 15 is 0 Å². The molecule has 1 fully saturated rings. The number of rotatable bonds is 6. The van der Waals surface area contributed by atoms with Crippen molar-refractivity contribution >= 4 is 5.91 Å². The first-order valence-corrected chi connectivity index (χ1v) is 11.8. The van der Waals surface area contributed by atoms with Crippen molar-refractivity contribution in [3.8, 4) is 5.69 Å². The molecule has 33 heavy (non-hydrogen) atoms. The van der Waals surface area contributed by atoms with Crippen LogP contribution < -0.4 is 5.32 Å². The molecule has 1 N–H and O–H groups in total. The summed E-state index contributed by atoms with van der Waals surface area (Å²) in [5.74, 6) is 0.408. The van der Waals surface area contributed by atoms with Crippen LogP contribution in [0.1, 0.15) is 70.6 Å². The van der Waals surface area contributed by atoms with Crippen molar-refractivity contribution in [2.75, 3.05) is 0 Å². The lowest BCUT2D eigenvalue weighted by Gasteiger charge is -2.24. The van der Waals surface area contributed by atoms with Crippen LogP contribution in [0.15, 0.2) is 72.9 Å². The van der Waals surface area contributed by atoms with Gasteiger partial charge in [0.05, 0.1) is 30.2 Å². The summed E-state index contributed by atoms with van der Waals surface area (Å²) < 4.78 is 3.88. The summed E-state index contributed by atoms with van der Waals surface area (Å²) in [6, 6.07) is 22.2. The maximum atomic E-state index is 13.5. The second-order valence-electron chi connectivity index (χ2n) is 9.08. The highest BCUT2D eigenvalue weighted by molar-refractivity contribution is 5.93. The maximum absolute atomic E-state index is 13.5. The summed E-state index contributed by atoms with van der Waals surface area (Å²) in [7, 11) is 0. The molecular formula is C27H27N5O. The van der Waals surface area contributed by atoms with Gasteiger partial charge >= 0.3 is 0 Å². The number of nitrogens with one attached hydrogen (secondary N) is 1. The molecule has 6 rings (SSSR count). The smallest absolute Gasteiger partial charge is 0.270 e. The SMILES string of the molecule is O=C(NC1CCCc2c1cnn2Cc1ccccc1)c1cc(C2CC2)nn1-c1ccccc1. The van der Waals surface area contributed by atoms with E-state index in [0.717, 1.165) is 55.6 Å². The van der Waals surface area contributed by atoms with Gasteiger partial charge in [-0.3, -0.25) is 9.48 Å². The molecular weight excluding hydrogens is 410 g/mol. The molecule has 2 aromatic carbocycles. The van der Waals surface area contributed by atoms with E-state index in [9.17, 15) is 4.79 Å². The average Bonchev–Trinajstić information content (AvgIpc) is 3.48. The molecule has 0 radical (unpaired) electrons. The number of carbonyl (C=O) groups excluding carboxylic acids is 1. The van der Waals surface area contributed by atoms with Crippen LogP contribution in [0.5, 0.6) is 0 Å². The summed E-state index contributed by atoms with van der Waals surface area (Å²) in [5, 5.41) is 12.8. The van der Waals surface area contributed by atoms with Crippen molar-refractivity contribution in [2.45, 2.75) is 50.6 Å². The van der Waals surface area contributed by atoms with Crippen molar-refractivity contribution < 1.29 is 4.79 Å². The molecule has 1 unspecified atom stereocenters. The topological polar surface area (TPSA) is 64.7 Å². The lowest BCUT2D eigenvalue weighted by Crippen LogP contribution is -2.32. The van der Waals surface area contributed by atoms with Gasteiger partial charge in [-0.05, 0) is 55.9 Å². The van der Waals surface area contributed by atoms with Crippen LogP contribution >= 0.6 is 0 Å². The van der Waals surface area contributed by atoms with Gasteiger partial charge in [-0.15, -0.1) is 0 Å². The Bertz CT molecular complexity index is 1270. The predicted molar refractivity (Wildman–Crippen MR) is 126 cm³/mol. The molecule has 2 aliphatic rings. The van der Waals surface area contributed by atoms with Gasteiger partial charge in [-0.25, -0.2) is 4.68 Å². The quantitative estimate of drug-likeness (QED) is 0.471. The first-order chi connectivity index (χ1) is 16.3. The summed E-state index contributed by atoms with van der Waals surface area (Å²) in [4.78, 5) is 13.5. The zero-order chi connectivity index (χ0) is 22.2. The minimum atomic E-state index is -0.0769. The lowest BCUT2D eigenvalue weighted by atomic mass is 9.92. The summed E-state index contributed by atoms with van der Waals surface area (Å²) in [6.45, 7) is 0.752. The van der Waals surface area contributed by atoms with Crippen molar-refractivity contribution in [2.24, 2.45) is 0 Å². The molecule has 6 heteroatoms. The van der Waals surface area contributed by atoms with Gasteiger partial charge in [-0.1, -0.05) is 48.5 Å². The third-order valence-corrected chi connectivity index (χ3v) is 6.70. The second-order valence-corrected chi connectivity index (χ2v) is 9.08. The van der Waals surface area contributed by atoms with Crippen LogP contribution in [0.2, 0.25) is 0 Å². The van der Waals surface area contributed by atoms with Gasteiger partial charge < -0.3 is 5.32 Å². The number of benzene rings is 2. The van der Waals surface area contributed by atoms with E-state index in [4.69, 9.17) is 5.10 Å². The highest BCUT2D eigenvalue weighted by Gasteiger charge is 2.31. The molecule has 2 aliphatic carbocycles. The molecule has 0 bridgehead atoms. The van der Waals surface area contributed by atoms with Crippen molar-refractivity contribution in [1.82, 2.24) is 24.9 Å².